The molecule has 30 heavy (non-hydrogen) atoms. The minimum absolute atomic E-state index is 0.0167. The van der Waals surface area contributed by atoms with Crippen molar-refractivity contribution in [2.45, 2.75) is 44.8 Å². The molecule has 1 aliphatic rings. The molecule has 1 aromatic carbocycles. The number of nitrogens with zero attached hydrogens (tertiary/aromatic N) is 1. The predicted octanol–water partition coefficient (Wildman–Crippen LogP) is 3.18. The fourth-order valence-corrected chi connectivity index (χ4v) is 4.28. The minimum atomic E-state index is -0.189. The monoisotopic (exact) mass is 433 g/mol. The number of methoxy groups -OCH3 is 2. The summed E-state index contributed by atoms with van der Waals surface area (Å²) in [5, 5.41) is 0. The maximum Gasteiger partial charge on any atom is 0.305 e. The van der Waals surface area contributed by atoms with Crippen LogP contribution in [0.1, 0.15) is 36.8 Å². The Bertz CT molecular complexity index is 749. The van der Waals surface area contributed by atoms with E-state index in [4.69, 9.17) is 4.74 Å². The Labute approximate surface area is 183 Å². The molecule has 0 unspecified atom stereocenters. The van der Waals surface area contributed by atoms with Gasteiger partial charge in [-0.15, -0.1) is 0 Å². The van der Waals surface area contributed by atoms with Crippen LogP contribution in [0.25, 0.3) is 0 Å². The SMILES string of the molecule is COCc1cccc(CC(=O)/C=C/[C@H]2CCC(=O)N2CCSCCCC(=O)OC)c1. The van der Waals surface area contributed by atoms with Gasteiger partial charge in [0.25, 0.3) is 0 Å². The van der Waals surface area contributed by atoms with Gasteiger partial charge in [0.15, 0.2) is 5.78 Å². The van der Waals surface area contributed by atoms with Crippen molar-refractivity contribution in [1.82, 2.24) is 4.90 Å². The van der Waals surface area contributed by atoms with Crippen LogP contribution in [0.3, 0.4) is 0 Å². The first kappa shape index (κ1) is 24.2. The minimum Gasteiger partial charge on any atom is -0.469 e. The third-order valence-electron chi connectivity index (χ3n) is 4.93. The lowest BCUT2D eigenvalue weighted by molar-refractivity contribution is -0.140. The van der Waals surface area contributed by atoms with E-state index < -0.39 is 0 Å². The Hall–Kier alpha value is -2.12. The molecular formula is C23H31NO5S. The molecule has 1 fully saturated rings. The van der Waals surface area contributed by atoms with E-state index in [1.807, 2.05) is 35.2 Å². The summed E-state index contributed by atoms with van der Waals surface area (Å²) in [7, 11) is 3.04. The molecule has 1 atom stereocenters. The molecule has 0 aliphatic carbocycles. The normalized spacial score (nSPS) is 16.4. The van der Waals surface area contributed by atoms with Crippen LogP contribution in [0.5, 0.6) is 0 Å². The molecule has 0 N–H and O–H groups in total. The largest absolute Gasteiger partial charge is 0.469 e. The van der Waals surface area contributed by atoms with Crippen LogP contribution >= 0.6 is 11.8 Å². The van der Waals surface area contributed by atoms with Crippen LogP contribution in [-0.2, 0) is 36.9 Å². The van der Waals surface area contributed by atoms with E-state index in [1.54, 1.807) is 24.9 Å². The number of esters is 1. The number of rotatable bonds is 13. The summed E-state index contributed by atoms with van der Waals surface area (Å²) in [6.07, 6.45) is 6.29. The van der Waals surface area contributed by atoms with E-state index in [2.05, 4.69) is 4.74 Å². The van der Waals surface area contributed by atoms with Gasteiger partial charge in [-0.2, -0.15) is 11.8 Å². The summed E-state index contributed by atoms with van der Waals surface area (Å²) in [5.74, 6) is 1.65. The zero-order valence-electron chi connectivity index (χ0n) is 17.8. The molecule has 7 heteroatoms. The predicted molar refractivity (Wildman–Crippen MR) is 118 cm³/mol. The van der Waals surface area contributed by atoms with Crippen molar-refractivity contribution in [2.75, 3.05) is 32.3 Å². The summed E-state index contributed by atoms with van der Waals surface area (Å²) >= 11 is 1.73. The molecule has 1 aromatic rings. The topological polar surface area (TPSA) is 72.9 Å². The van der Waals surface area contributed by atoms with Crippen molar-refractivity contribution in [1.29, 1.82) is 0 Å². The van der Waals surface area contributed by atoms with Crippen LogP contribution in [0.2, 0.25) is 0 Å². The van der Waals surface area contributed by atoms with Crippen molar-refractivity contribution < 1.29 is 23.9 Å². The second-order valence-electron chi connectivity index (χ2n) is 7.24. The number of likely N-dealkylation sites (tertiary alicyclic amines) is 1. The summed E-state index contributed by atoms with van der Waals surface area (Å²) < 4.78 is 9.76. The van der Waals surface area contributed by atoms with Gasteiger partial charge in [0.05, 0.1) is 19.8 Å². The fraction of sp³-hybridized carbons (Fsp3) is 0.522. The van der Waals surface area contributed by atoms with Crippen molar-refractivity contribution in [2.24, 2.45) is 0 Å². The van der Waals surface area contributed by atoms with E-state index in [0.29, 0.717) is 32.4 Å². The van der Waals surface area contributed by atoms with E-state index in [1.165, 1.54) is 7.11 Å². The molecule has 164 valence electrons. The maximum absolute atomic E-state index is 12.4. The van der Waals surface area contributed by atoms with Crippen LogP contribution in [-0.4, -0.2) is 60.9 Å². The van der Waals surface area contributed by atoms with Gasteiger partial charge in [-0.1, -0.05) is 30.3 Å². The first-order valence-electron chi connectivity index (χ1n) is 10.2. The van der Waals surface area contributed by atoms with Crippen LogP contribution in [0, 0.1) is 0 Å². The van der Waals surface area contributed by atoms with Gasteiger partial charge in [-0.3, -0.25) is 14.4 Å². The zero-order valence-corrected chi connectivity index (χ0v) is 18.6. The van der Waals surface area contributed by atoms with Gasteiger partial charge in [0, 0.05) is 38.7 Å². The van der Waals surface area contributed by atoms with Gasteiger partial charge in [0.2, 0.25) is 5.91 Å². The van der Waals surface area contributed by atoms with Crippen molar-refractivity contribution >= 4 is 29.4 Å². The highest BCUT2D eigenvalue weighted by molar-refractivity contribution is 7.99. The number of carbonyl (C=O) groups excluding carboxylic acids is 3. The Kier molecular flexibility index (Phi) is 10.7. The summed E-state index contributed by atoms with van der Waals surface area (Å²) in [5.41, 5.74) is 2.00. The maximum atomic E-state index is 12.4. The van der Waals surface area contributed by atoms with Crippen molar-refractivity contribution in [3.8, 4) is 0 Å². The first-order chi connectivity index (χ1) is 14.5. The number of benzene rings is 1. The van der Waals surface area contributed by atoms with Crippen molar-refractivity contribution in [3.63, 3.8) is 0 Å². The van der Waals surface area contributed by atoms with E-state index in [9.17, 15) is 14.4 Å². The number of ketones is 1. The standard InChI is InChI=1S/C23H31NO5S/c1-28-17-19-6-3-5-18(15-19)16-21(25)10-8-20-9-11-22(26)24(20)12-14-30-13-4-7-23(27)29-2/h3,5-6,8,10,15,20H,4,7,9,11-14,16-17H2,1-2H3/b10-8+/t20-/m0/s1. The molecule has 1 amide bonds. The molecule has 6 nitrogen and oxygen atoms in total. The zero-order chi connectivity index (χ0) is 21.8. The molecule has 0 bridgehead atoms. The lowest BCUT2D eigenvalue weighted by atomic mass is 10.1. The van der Waals surface area contributed by atoms with Crippen LogP contribution in [0.4, 0.5) is 0 Å². The lowest BCUT2D eigenvalue weighted by Gasteiger charge is -2.22. The molecule has 1 saturated heterocycles. The molecule has 1 heterocycles. The van der Waals surface area contributed by atoms with Crippen molar-refractivity contribution in [3.05, 3.63) is 47.5 Å². The Morgan fingerprint density at radius 1 is 1.23 bits per heavy atom. The number of allylic oxidation sites excluding steroid dienone is 1. The van der Waals surface area contributed by atoms with Gasteiger partial charge in [-0.25, -0.2) is 0 Å². The molecular weight excluding hydrogens is 402 g/mol. The highest BCUT2D eigenvalue weighted by atomic mass is 32.2. The van der Waals surface area contributed by atoms with Gasteiger partial charge < -0.3 is 14.4 Å². The average molecular weight is 434 g/mol. The van der Waals surface area contributed by atoms with E-state index >= 15 is 0 Å². The van der Waals surface area contributed by atoms with Gasteiger partial charge in [-0.05, 0) is 35.8 Å². The summed E-state index contributed by atoms with van der Waals surface area (Å²) in [6.45, 7) is 1.18. The number of hydrogen-bond acceptors (Lipinski definition) is 6. The second-order valence-corrected chi connectivity index (χ2v) is 8.47. The smallest absolute Gasteiger partial charge is 0.305 e. The molecule has 0 aromatic heterocycles. The molecule has 0 spiro atoms. The Balaban J connectivity index is 1.77. The quantitative estimate of drug-likeness (QED) is 0.270. The van der Waals surface area contributed by atoms with Gasteiger partial charge >= 0.3 is 5.97 Å². The molecule has 0 saturated carbocycles. The molecule has 1 aliphatic heterocycles. The third-order valence-corrected chi connectivity index (χ3v) is 5.98. The fourth-order valence-electron chi connectivity index (χ4n) is 3.41. The first-order valence-corrected chi connectivity index (χ1v) is 11.4. The van der Waals surface area contributed by atoms with Gasteiger partial charge in [0.1, 0.15) is 0 Å². The Morgan fingerprint density at radius 3 is 2.80 bits per heavy atom. The van der Waals surface area contributed by atoms with E-state index in [0.717, 1.165) is 35.5 Å². The Morgan fingerprint density at radius 2 is 2.03 bits per heavy atom. The summed E-state index contributed by atoms with van der Waals surface area (Å²) in [6, 6.07) is 7.81. The number of hydrogen-bond donors (Lipinski definition) is 0. The summed E-state index contributed by atoms with van der Waals surface area (Å²) in [4.78, 5) is 37.5. The average Bonchev–Trinajstić information content (AvgIpc) is 3.08. The highest BCUT2D eigenvalue weighted by Crippen LogP contribution is 2.21. The third kappa shape index (κ3) is 8.32. The number of amides is 1. The number of thioether (sulfide) groups is 1. The second kappa shape index (κ2) is 13.2. The van der Waals surface area contributed by atoms with E-state index in [-0.39, 0.29) is 23.7 Å². The van der Waals surface area contributed by atoms with Crippen LogP contribution in [0.15, 0.2) is 36.4 Å². The lowest BCUT2D eigenvalue weighted by Crippen LogP contribution is -2.33. The number of carbonyl (C=O) groups is 3. The number of ether oxygens (including phenoxy) is 2. The molecule has 2 rings (SSSR count). The highest BCUT2D eigenvalue weighted by Gasteiger charge is 2.28. The van der Waals surface area contributed by atoms with Crippen LogP contribution < -0.4 is 0 Å². The molecule has 0 radical (unpaired) electrons.